The molecule has 0 heterocycles. The van der Waals surface area contributed by atoms with E-state index in [1.807, 2.05) is 0 Å². The van der Waals surface area contributed by atoms with Crippen LogP contribution < -0.4 is 0 Å². The minimum atomic E-state index is 1.11. The first-order valence-electron chi connectivity index (χ1n) is 8.18. The molecule has 0 aromatic carbocycles. The molecule has 0 atom stereocenters. The summed E-state index contributed by atoms with van der Waals surface area (Å²) in [5.41, 5.74) is 0. The van der Waals surface area contributed by atoms with Gasteiger partial charge in [-0.05, 0) is 26.2 Å². The first-order chi connectivity index (χ1) is 8.91. The lowest BCUT2D eigenvalue weighted by Gasteiger charge is -2.01. The molecule has 0 nitrogen and oxygen atoms in total. The van der Waals surface area contributed by atoms with Gasteiger partial charge in [0.2, 0.25) is 0 Å². The summed E-state index contributed by atoms with van der Waals surface area (Å²) in [6.07, 6.45) is 25.6. The fraction of sp³-hybridized carbons (Fsp3) is 0.778. The number of hydrogen-bond acceptors (Lipinski definition) is 0. The van der Waals surface area contributed by atoms with Crippen LogP contribution >= 0.6 is 0 Å². The van der Waals surface area contributed by atoms with Gasteiger partial charge in [-0.25, -0.2) is 0 Å². The van der Waals surface area contributed by atoms with Gasteiger partial charge in [0.15, 0.2) is 0 Å². The van der Waals surface area contributed by atoms with Crippen LogP contribution in [0, 0.1) is 0 Å². The van der Waals surface area contributed by atoms with Gasteiger partial charge >= 0.3 is 0 Å². The Balaban J connectivity index is 3.00. The van der Waals surface area contributed by atoms with Crippen molar-refractivity contribution in [3.05, 3.63) is 24.3 Å². The van der Waals surface area contributed by atoms with Gasteiger partial charge in [0.25, 0.3) is 0 Å². The summed E-state index contributed by atoms with van der Waals surface area (Å²) in [6.45, 7) is 4.36. The monoisotopic (exact) mass is 250 g/mol. The van der Waals surface area contributed by atoms with Crippen LogP contribution in [0.4, 0.5) is 0 Å². The molecule has 0 heteroatoms. The van der Waals surface area contributed by atoms with E-state index in [1.54, 1.807) is 0 Å². The van der Waals surface area contributed by atoms with Gasteiger partial charge in [-0.2, -0.15) is 0 Å². The molecule has 0 spiro atoms. The molecule has 0 rings (SSSR count). The van der Waals surface area contributed by atoms with Crippen LogP contribution in [0.1, 0.15) is 90.9 Å². The summed E-state index contributed by atoms with van der Waals surface area (Å²) < 4.78 is 0. The van der Waals surface area contributed by atoms with E-state index in [2.05, 4.69) is 38.2 Å². The van der Waals surface area contributed by atoms with Crippen LogP contribution in [0.15, 0.2) is 24.3 Å². The Morgan fingerprint density at radius 3 is 1.72 bits per heavy atom. The molecule has 106 valence electrons. The molecule has 0 fully saturated rings. The topological polar surface area (TPSA) is 0 Å². The Hall–Kier alpha value is -0.520. The number of hydrogen-bond donors (Lipinski definition) is 0. The third-order valence-corrected chi connectivity index (χ3v) is 3.40. The highest BCUT2D eigenvalue weighted by molar-refractivity contribution is 4.91. The summed E-state index contributed by atoms with van der Waals surface area (Å²) in [4.78, 5) is 0. The van der Waals surface area contributed by atoms with Gasteiger partial charge in [-0.15, -0.1) is 0 Å². The van der Waals surface area contributed by atoms with E-state index in [9.17, 15) is 0 Å². The second-order valence-electron chi connectivity index (χ2n) is 5.25. The summed E-state index contributed by atoms with van der Waals surface area (Å²) in [6, 6.07) is 0. The first kappa shape index (κ1) is 17.5. The lowest BCUT2D eigenvalue weighted by Crippen LogP contribution is -1.81. The second kappa shape index (κ2) is 16.5. The molecule has 0 aliphatic carbocycles. The highest BCUT2D eigenvalue weighted by atomic mass is 14.0. The van der Waals surface area contributed by atoms with Crippen molar-refractivity contribution in [2.75, 3.05) is 0 Å². The van der Waals surface area contributed by atoms with Crippen molar-refractivity contribution in [1.29, 1.82) is 0 Å². The molecule has 0 saturated heterocycles. The molecule has 0 bridgehead atoms. The van der Waals surface area contributed by atoms with Gasteiger partial charge in [-0.3, -0.25) is 0 Å². The molecule has 0 aliphatic rings. The maximum absolute atomic E-state index is 2.34. The van der Waals surface area contributed by atoms with Gasteiger partial charge in [0.05, 0.1) is 0 Å². The molecular formula is C18H34. The van der Waals surface area contributed by atoms with Crippen LogP contribution in [0.25, 0.3) is 0 Å². The predicted molar refractivity (Wildman–Crippen MR) is 85.0 cm³/mol. The Morgan fingerprint density at radius 1 is 0.611 bits per heavy atom. The average molecular weight is 250 g/mol. The fourth-order valence-electron chi connectivity index (χ4n) is 2.18. The smallest absolute Gasteiger partial charge is 0.0169 e. The van der Waals surface area contributed by atoms with Crippen LogP contribution in [0.5, 0.6) is 0 Å². The first-order valence-corrected chi connectivity index (χ1v) is 8.18. The van der Waals surface area contributed by atoms with Crippen molar-refractivity contribution in [3.63, 3.8) is 0 Å². The van der Waals surface area contributed by atoms with E-state index in [0.29, 0.717) is 0 Å². The molecule has 0 unspecified atom stereocenters. The van der Waals surface area contributed by atoms with E-state index in [0.717, 1.165) is 6.42 Å². The standard InChI is InChI=1S/C18H34/c1-3-5-7-9-11-13-15-17-18-16-14-12-10-8-6-4-2/h3,5,9,11H,4,6-8,10,12-18H2,1-2H3. The van der Waals surface area contributed by atoms with E-state index in [-0.39, 0.29) is 0 Å². The van der Waals surface area contributed by atoms with Gasteiger partial charge in [0.1, 0.15) is 0 Å². The average Bonchev–Trinajstić information content (AvgIpc) is 2.39. The van der Waals surface area contributed by atoms with Crippen molar-refractivity contribution in [3.8, 4) is 0 Å². The van der Waals surface area contributed by atoms with Crippen LogP contribution in [0.2, 0.25) is 0 Å². The zero-order valence-electron chi connectivity index (χ0n) is 12.8. The highest BCUT2D eigenvalue weighted by Gasteiger charge is 1.91. The summed E-state index contributed by atoms with van der Waals surface area (Å²) in [7, 11) is 0. The van der Waals surface area contributed by atoms with E-state index < -0.39 is 0 Å². The molecule has 0 aromatic heterocycles. The zero-order valence-corrected chi connectivity index (χ0v) is 12.8. The number of rotatable bonds is 13. The maximum Gasteiger partial charge on any atom is -0.0169 e. The van der Waals surface area contributed by atoms with Crippen LogP contribution in [-0.4, -0.2) is 0 Å². The highest BCUT2D eigenvalue weighted by Crippen LogP contribution is 2.11. The fourth-order valence-corrected chi connectivity index (χ4v) is 2.18. The molecule has 0 N–H and O–H groups in total. The van der Waals surface area contributed by atoms with Gasteiger partial charge in [0, 0.05) is 0 Å². The quantitative estimate of drug-likeness (QED) is 0.248. The second-order valence-corrected chi connectivity index (χ2v) is 5.25. The van der Waals surface area contributed by atoms with Crippen molar-refractivity contribution in [2.24, 2.45) is 0 Å². The Labute approximate surface area is 116 Å². The van der Waals surface area contributed by atoms with Crippen molar-refractivity contribution in [1.82, 2.24) is 0 Å². The minimum Gasteiger partial charge on any atom is -0.0914 e. The van der Waals surface area contributed by atoms with E-state index in [4.69, 9.17) is 0 Å². The predicted octanol–water partition coefficient (Wildman–Crippen LogP) is 6.82. The number of allylic oxidation sites excluding steroid dienone is 4. The van der Waals surface area contributed by atoms with Crippen molar-refractivity contribution < 1.29 is 0 Å². The largest absolute Gasteiger partial charge is 0.0914 e. The molecule has 0 saturated carbocycles. The lowest BCUT2D eigenvalue weighted by molar-refractivity contribution is 0.557. The van der Waals surface area contributed by atoms with Crippen LogP contribution in [0.3, 0.4) is 0 Å². The molecule has 0 aromatic rings. The number of unbranched alkanes of at least 4 members (excludes halogenated alkanes) is 10. The van der Waals surface area contributed by atoms with Gasteiger partial charge in [-0.1, -0.05) is 89.0 Å². The summed E-state index contributed by atoms with van der Waals surface area (Å²) in [5.74, 6) is 0. The van der Waals surface area contributed by atoms with Crippen molar-refractivity contribution >= 4 is 0 Å². The van der Waals surface area contributed by atoms with Crippen molar-refractivity contribution in [2.45, 2.75) is 90.9 Å². The summed E-state index contributed by atoms with van der Waals surface area (Å²) >= 11 is 0. The van der Waals surface area contributed by atoms with E-state index in [1.165, 1.54) is 70.6 Å². The van der Waals surface area contributed by atoms with E-state index >= 15 is 0 Å². The third kappa shape index (κ3) is 15.5. The normalized spacial score (nSPS) is 11.9. The van der Waals surface area contributed by atoms with Crippen LogP contribution in [-0.2, 0) is 0 Å². The SMILES string of the molecule is CC=CCC=CCCCCCCCCCCCC. The Morgan fingerprint density at radius 2 is 1.17 bits per heavy atom. The Kier molecular flexibility index (Phi) is 16.0. The third-order valence-electron chi connectivity index (χ3n) is 3.40. The summed E-state index contributed by atoms with van der Waals surface area (Å²) in [5, 5.41) is 0. The maximum atomic E-state index is 2.34. The molecule has 0 amide bonds. The molecular weight excluding hydrogens is 216 g/mol. The van der Waals surface area contributed by atoms with Gasteiger partial charge < -0.3 is 0 Å². The molecule has 0 aliphatic heterocycles. The minimum absolute atomic E-state index is 1.11. The molecule has 18 heavy (non-hydrogen) atoms. The zero-order chi connectivity index (χ0) is 13.3. The molecule has 0 radical (unpaired) electrons. The lowest BCUT2D eigenvalue weighted by atomic mass is 10.1. The Bertz CT molecular complexity index is 188.